The summed E-state index contributed by atoms with van der Waals surface area (Å²) in [7, 11) is -6.93. The van der Waals surface area contributed by atoms with Crippen LogP contribution in [0.1, 0.15) is 61.3 Å². The molecular formula is C28H40N2O4SSi. The van der Waals surface area contributed by atoms with Crippen LogP contribution in [0.5, 0.6) is 0 Å². The van der Waals surface area contributed by atoms with Crippen LogP contribution in [0.3, 0.4) is 0 Å². The van der Waals surface area contributed by atoms with Gasteiger partial charge in [0.1, 0.15) is 5.60 Å². The zero-order valence-electron chi connectivity index (χ0n) is 22.5. The molecule has 0 aliphatic carbocycles. The van der Waals surface area contributed by atoms with E-state index in [9.17, 15) is 13.2 Å². The number of hydrogen-bond donors (Lipinski definition) is 1. The first kappa shape index (κ1) is 28.2. The van der Waals surface area contributed by atoms with Gasteiger partial charge < -0.3 is 4.74 Å². The quantitative estimate of drug-likeness (QED) is 0.548. The lowest BCUT2D eigenvalue weighted by molar-refractivity contribution is 0.0169. The van der Waals surface area contributed by atoms with Crippen LogP contribution >= 0.6 is 0 Å². The fraction of sp³-hybridized carbons (Fsp3) is 0.464. The first-order valence-corrected chi connectivity index (χ1v) is 16.0. The van der Waals surface area contributed by atoms with Crippen LogP contribution in [-0.2, 0) is 14.8 Å². The number of rotatable bonds is 6. The number of amides is 1. The second kappa shape index (κ2) is 10.1. The van der Waals surface area contributed by atoms with Gasteiger partial charge in [-0.1, -0.05) is 81.4 Å². The summed E-state index contributed by atoms with van der Waals surface area (Å²) in [5.41, 5.74) is -1.37. The van der Waals surface area contributed by atoms with E-state index >= 15 is 0 Å². The van der Waals surface area contributed by atoms with Crippen LogP contribution in [0, 0.1) is 0 Å². The molecule has 1 saturated heterocycles. The van der Waals surface area contributed by atoms with Gasteiger partial charge in [0.05, 0.1) is 5.54 Å². The van der Waals surface area contributed by atoms with Crippen molar-refractivity contribution < 1.29 is 17.9 Å². The van der Waals surface area contributed by atoms with Gasteiger partial charge in [-0.25, -0.2) is 17.6 Å². The minimum absolute atomic E-state index is 0.379. The van der Waals surface area contributed by atoms with Gasteiger partial charge in [0.25, 0.3) is 0 Å². The van der Waals surface area contributed by atoms with E-state index in [0.29, 0.717) is 13.0 Å². The van der Waals surface area contributed by atoms with Crippen molar-refractivity contribution in [2.75, 3.05) is 6.54 Å². The molecule has 0 radical (unpaired) electrons. The van der Waals surface area contributed by atoms with Crippen LogP contribution < -0.4 is 14.8 Å². The normalized spacial score (nSPS) is 19.6. The molecule has 2 aromatic rings. The topological polar surface area (TPSA) is 75.7 Å². The number of carbonyl (C=O) groups is 1. The maximum absolute atomic E-state index is 13.7. The Morgan fingerprint density at radius 1 is 0.972 bits per heavy atom. The summed E-state index contributed by atoms with van der Waals surface area (Å²) in [6.07, 6.45) is 2.66. The molecule has 1 heterocycles. The van der Waals surface area contributed by atoms with Crippen molar-refractivity contribution >= 4 is 34.7 Å². The molecule has 0 spiro atoms. The fourth-order valence-corrected chi connectivity index (χ4v) is 13.0. The van der Waals surface area contributed by atoms with Crippen molar-refractivity contribution in [1.29, 1.82) is 0 Å². The van der Waals surface area contributed by atoms with Crippen LogP contribution in [0.25, 0.3) is 0 Å². The molecule has 0 saturated carbocycles. The molecule has 3 rings (SSSR count). The van der Waals surface area contributed by atoms with Crippen molar-refractivity contribution in [3.05, 3.63) is 72.1 Å². The third-order valence-electron chi connectivity index (χ3n) is 6.74. The lowest BCUT2D eigenvalue weighted by atomic mass is 10.00. The second-order valence-electron chi connectivity index (χ2n) is 11.8. The number of likely N-dealkylation sites (tertiary alicyclic amines) is 1. The van der Waals surface area contributed by atoms with E-state index in [1.807, 2.05) is 88.4 Å². The number of hydrogen-bond acceptors (Lipinski definition) is 4. The third kappa shape index (κ3) is 6.10. The number of carbonyl (C=O) groups excluding carboxylic acids is 1. The Morgan fingerprint density at radius 3 is 1.92 bits per heavy atom. The number of benzene rings is 2. The molecule has 0 aromatic heterocycles. The largest absolute Gasteiger partial charge is 0.444 e. The van der Waals surface area contributed by atoms with Gasteiger partial charge in [-0.3, -0.25) is 4.90 Å². The maximum atomic E-state index is 13.7. The molecule has 1 amide bonds. The summed E-state index contributed by atoms with van der Waals surface area (Å²) < 4.78 is 36.3. The van der Waals surface area contributed by atoms with Crippen molar-refractivity contribution in [1.82, 2.24) is 9.29 Å². The highest BCUT2D eigenvalue weighted by Gasteiger charge is 2.50. The Hall–Kier alpha value is -2.42. The van der Waals surface area contributed by atoms with Gasteiger partial charge >= 0.3 is 6.09 Å². The van der Waals surface area contributed by atoms with Crippen molar-refractivity contribution in [2.24, 2.45) is 0 Å². The average molecular weight is 529 g/mol. The highest BCUT2D eigenvalue weighted by molar-refractivity contribution is 7.94. The summed E-state index contributed by atoms with van der Waals surface area (Å²) in [4.78, 5) is 14.5. The first-order chi connectivity index (χ1) is 16.6. The Bertz CT molecular complexity index is 1150. The van der Waals surface area contributed by atoms with Gasteiger partial charge in [0.15, 0.2) is 0 Å². The smallest absolute Gasteiger partial charge is 0.410 e. The van der Waals surface area contributed by atoms with Crippen LogP contribution in [-0.4, -0.2) is 45.3 Å². The zero-order chi connectivity index (χ0) is 26.8. The monoisotopic (exact) mass is 528 g/mol. The van der Waals surface area contributed by atoms with E-state index in [2.05, 4.69) is 25.2 Å². The van der Waals surface area contributed by atoms with Gasteiger partial charge in [-0.2, -0.15) is 0 Å². The van der Waals surface area contributed by atoms with Crippen molar-refractivity contribution in [3.8, 4) is 0 Å². The summed E-state index contributed by atoms with van der Waals surface area (Å²) in [6, 6.07) is 19.7. The minimum Gasteiger partial charge on any atom is -0.444 e. The van der Waals surface area contributed by atoms with Crippen LogP contribution in [0.15, 0.2) is 72.1 Å². The Morgan fingerprint density at radius 2 is 1.47 bits per heavy atom. The van der Waals surface area contributed by atoms with Gasteiger partial charge in [0, 0.05) is 12.0 Å². The molecule has 1 fully saturated rings. The van der Waals surface area contributed by atoms with E-state index in [1.165, 1.54) is 5.41 Å². The Labute approximate surface area is 217 Å². The molecule has 0 unspecified atom stereocenters. The lowest BCUT2D eigenvalue weighted by Gasteiger charge is -2.43. The van der Waals surface area contributed by atoms with Gasteiger partial charge in [0.2, 0.25) is 18.3 Å². The standard InChI is InChI=1S/C28H40N2O4SSi/c1-26(2,3)34-25(31)30-21-14-19-28(30,7)20-22-35(32,33)29-36(27(4,5)6,23-15-10-8-11-16-23)24-17-12-9-13-18-24/h8-13,15-18,20,22,29H,14,19,21H2,1-7H3/b22-20+/t28-/m1/s1. The lowest BCUT2D eigenvalue weighted by Crippen LogP contribution is -2.74. The molecule has 1 aliphatic heterocycles. The van der Waals surface area contributed by atoms with Crippen LogP contribution in [0.2, 0.25) is 5.04 Å². The van der Waals surface area contributed by atoms with Gasteiger partial charge in [-0.15, -0.1) is 0 Å². The van der Waals surface area contributed by atoms with E-state index in [0.717, 1.165) is 16.8 Å². The van der Waals surface area contributed by atoms with E-state index < -0.39 is 35.5 Å². The molecule has 2 aromatic carbocycles. The Balaban J connectivity index is 2.02. The van der Waals surface area contributed by atoms with E-state index in [-0.39, 0.29) is 5.04 Å². The number of sulfonamides is 1. The molecule has 1 N–H and O–H groups in total. The highest BCUT2D eigenvalue weighted by Crippen LogP contribution is 2.35. The fourth-order valence-electron chi connectivity index (χ4n) is 4.94. The summed E-state index contributed by atoms with van der Waals surface area (Å²) in [5, 5.41) is 2.84. The highest BCUT2D eigenvalue weighted by atomic mass is 32.2. The second-order valence-corrected chi connectivity index (χ2v) is 18.1. The number of nitrogens with one attached hydrogen (secondary N) is 1. The van der Waals surface area contributed by atoms with Crippen molar-refractivity contribution in [3.63, 3.8) is 0 Å². The average Bonchev–Trinajstić information content (AvgIpc) is 3.18. The van der Waals surface area contributed by atoms with Crippen molar-refractivity contribution in [2.45, 2.75) is 77.5 Å². The zero-order valence-corrected chi connectivity index (χ0v) is 24.4. The predicted molar refractivity (Wildman–Crippen MR) is 149 cm³/mol. The SMILES string of the molecule is CC(C)(C)OC(=O)N1CCC[C@]1(C)/C=C/S(=O)(=O)N[Si](c1ccccc1)(c1ccccc1)C(C)(C)C. The third-order valence-corrected chi connectivity index (χ3v) is 14.2. The Kier molecular flexibility index (Phi) is 7.94. The molecule has 1 aliphatic rings. The minimum atomic E-state index is -3.88. The predicted octanol–water partition coefficient (Wildman–Crippen LogP) is 4.77. The molecule has 1 atom stereocenters. The van der Waals surface area contributed by atoms with E-state index in [1.54, 1.807) is 11.0 Å². The van der Waals surface area contributed by atoms with Gasteiger partial charge in [-0.05, 0) is 62.0 Å². The molecule has 8 heteroatoms. The first-order valence-electron chi connectivity index (χ1n) is 12.4. The molecule has 36 heavy (non-hydrogen) atoms. The molecule has 6 nitrogen and oxygen atoms in total. The summed E-state index contributed by atoms with van der Waals surface area (Å²) >= 11 is 0. The summed E-state index contributed by atoms with van der Waals surface area (Å²) in [5.74, 6) is 0. The molecule has 0 bridgehead atoms. The molecule has 196 valence electrons. The maximum Gasteiger partial charge on any atom is 0.410 e. The number of ether oxygens (including phenoxy) is 1. The van der Waals surface area contributed by atoms with Crippen LogP contribution in [0.4, 0.5) is 4.79 Å². The van der Waals surface area contributed by atoms with E-state index in [4.69, 9.17) is 4.74 Å². The molecular weight excluding hydrogens is 488 g/mol. The number of nitrogens with zero attached hydrogens (tertiary/aromatic N) is 1. The summed E-state index contributed by atoms with van der Waals surface area (Å²) in [6.45, 7) is 14.2.